The lowest BCUT2D eigenvalue weighted by molar-refractivity contribution is -0.870. The number of aryl methyl sites for hydroxylation is 2. The zero-order valence-electron chi connectivity index (χ0n) is 15.7. The van der Waals surface area contributed by atoms with Crippen LogP contribution in [0.2, 0.25) is 0 Å². The van der Waals surface area contributed by atoms with Gasteiger partial charge in [-0.1, -0.05) is 12.1 Å². The molecule has 2 nitrogen and oxygen atoms in total. The van der Waals surface area contributed by atoms with E-state index >= 15 is 0 Å². The number of unbranched alkanes of at least 4 members (excludes halogenated alkanes) is 2. The van der Waals surface area contributed by atoms with Crippen molar-refractivity contribution < 1.29 is 8.97 Å². The molecule has 0 N–H and O–H groups in total. The fourth-order valence-corrected chi connectivity index (χ4v) is 3.25. The van der Waals surface area contributed by atoms with Gasteiger partial charge >= 0.3 is 0 Å². The molecule has 2 rings (SSSR count). The Labute approximate surface area is 137 Å². The summed E-state index contributed by atoms with van der Waals surface area (Å²) in [4.78, 5) is 0. The summed E-state index contributed by atoms with van der Waals surface area (Å²) in [6.07, 6.45) is 7.92. The van der Waals surface area contributed by atoms with Crippen LogP contribution in [0.1, 0.15) is 36.8 Å². The Morgan fingerprint density at radius 2 is 0.955 bits per heavy atom. The molecule has 2 aliphatic carbocycles. The van der Waals surface area contributed by atoms with Gasteiger partial charge in [-0.05, 0) is 60.1 Å². The van der Waals surface area contributed by atoms with Gasteiger partial charge in [-0.3, -0.25) is 0 Å². The first kappa shape index (κ1) is 17.5. The molecule has 0 fully saturated rings. The molecule has 0 heterocycles. The normalized spacial score (nSPS) is 13.5. The van der Waals surface area contributed by atoms with E-state index in [1.807, 2.05) is 0 Å². The molecule has 0 saturated carbocycles. The highest BCUT2D eigenvalue weighted by molar-refractivity contribution is 5.40. The van der Waals surface area contributed by atoms with E-state index in [4.69, 9.17) is 0 Å². The summed E-state index contributed by atoms with van der Waals surface area (Å²) in [6.45, 7) is 2.57. The van der Waals surface area contributed by atoms with Gasteiger partial charge in [0.25, 0.3) is 0 Å². The lowest BCUT2D eigenvalue weighted by Gasteiger charge is -2.24. The van der Waals surface area contributed by atoms with Crippen molar-refractivity contribution in [1.82, 2.24) is 0 Å². The van der Waals surface area contributed by atoms with E-state index in [-0.39, 0.29) is 0 Å². The molecular formula is C20H36N2+2. The fraction of sp³-hybridized carbons (Fsp3) is 0.700. The molecule has 0 aromatic rings. The van der Waals surface area contributed by atoms with Gasteiger partial charge in [0.15, 0.2) is 0 Å². The Morgan fingerprint density at radius 3 is 1.23 bits per heavy atom. The van der Waals surface area contributed by atoms with Crippen molar-refractivity contribution >= 4 is 0 Å². The highest BCUT2D eigenvalue weighted by atomic mass is 15.3. The molecule has 0 bridgehead atoms. The van der Waals surface area contributed by atoms with Crippen LogP contribution in [0.25, 0.3) is 0 Å². The van der Waals surface area contributed by atoms with Gasteiger partial charge in [0.2, 0.25) is 0 Å². The summed E-state index contributed by atoms with van der Waals surface area (Å²) in [5.74, 6) is 0. The highest BCUT2D eigenvalue weighted by Gasteiger charge is 2.14. The zero-order valence-corrected chi connectivity index (χ0v) is 15.7. The third-order valence-corrected chi connectivity index (χ3v) is 4.67. The maximum Gasteiger partial charge on any atom is 0.0780 e. The molecule has 0 saturated heterocycles. The number of nitrogens with zero attached hydrogens (tertiary/aromatic N) is 2. The van der Waals surface area contributed by atoms with Gasteiger partial charge in [0.05, 0.1) is 55.4 Å². The second-order valence-corrected chi connectivity index (χ2v) is 9.11. The first-order valence-electron chi connectivity index (χ1n) is 8.93. The summed E-state index contributed by atoms with van der Waals surface area (Å²) in [7, 11) is 13.7. The van der Waals surface area contributed by atoms with Crippen molar-refractivity contribution in [1.29, 1.82) is 0 Å². The molecular weight excluding hydrogens is 268 g/mol. The van der Waals surface area contributed by atoms with Crippen LogP contribution in [-0.4, -0.2) is 64.3 Å². The van der Waals surface area contributed by atoms with E-state index in [1.54, 1.807) is 21.6 Å². The van der Waals surface area contributed by atoms with Crippen molar-refractivity contribution in [2.75, 3.05) is 55.4 Å². The van der Waals surface area contributed by atoms with Crippen molar-refractivity contribution in [3.63, 3.8) is 0 Å². The molecule has 0 aromatic heterocycles. The molecule has 124 valence electrons. The molecule has 22 heavy (non-hydrogen) atoms. The number of hydrogen-bond donors (Lipinski definition) is 0. The topological polar surface area (TPSA) is 0 Å². The molecule has 0 atom stereocenters. The van der Waals surface area contributed by atoms with Crippen LogP contribution in [0.4, 0.5) is 0 Å². The molecule has 0 radical (unpaired) electrons. The Bertz CT molecular complexity index is 534. The molecule has 0 aliphatic heterocycles. The molecule has 2 aliphatic rings. The fourth-order valence-electron chi connectivity index (χ4n) is 3.25. The summed E-state index contributed by atoms with van der Waals surface area (Å²) in [5, 5.41) is 3.18. The first-order chi connectivity index (χ1) is 10.2. The van der Waals surface area contributed by atoms with Gasteiger partial charge in [0, 0.05) is 0 Å². The second kappa shape index (κ2) is 6.72. The number of benzene rings is 1. The van der Waals surface area contributed by atoms with Crippen molar-refractivity contribution in [2.24, 2.45) is 0 Å². The van der Waals surface area contributed by atoms with Crippen LogP contribution in [0.3, 0.4) is 0 Å². The van der Waals surface area contributed by atoms with Crippen LogP contribution >= 0.6 is 0 Å². The van der Waals surface area contributed by atoms with E-state index < -0.39 is 0 Å². The lowest BCUT2D eigenvalue weighted by Crippen LogP contribution is -2.35. The van der Waals surface area contributed by atoms with Crippen LogP contribution in [0.5, 0.6) is 0 Å². The zero-order chi connectivity index (χ0) is 16.4. The highest BCUT2D eigenvalue weighted by Crippen LogP contribution is 2.25. The summed E-state index contributed by atoms with van der Waals surface area (Å²) < 4.78 is 2.18. The minimum atomic E-state index is 1.09. The second-order valence-electron chi connectivity index (χ2n) is 9.11. The Morgan fingerprint density at radius 1 is 0.591 bits per heavy atom. The maximum atomic E-state index is 2.45. The van der Waals surface area contributed by atoms with Crippen LogP contribution < -0.4 is 0 Å². The van der Waals surface area contributed by atoms with Gasteiger partial charge in [-0.15, -0.1) is 0 Å². The van der Waals surface area contributed by atoms with E-state index in [0.717, 1.165) is 8.97 Å². The predicted octanol–water partition coefficient (Wildman–Crippen LogP) is 3.34. The summed E-state index contributed by atoms with van der Waals surface area (Å²) in [6, 6.07) is 4.91. The van der Waals surface area contributed by atoms with E-state index in [1.165, 1.54) is 51.6 Å². The SMILES string of the molecule is C[N+](C)(C)CCCCc1cc2c(CCCC[N+](C)(C)C)cc1=2. The first-order valence-corrected chi connectivity index (χ1v) is 8.93. The largest absolute Gasteiger partial charge is 0.331 e. The summed E-state index contributed by atoms with van der Waals surface area (Å²) >= 11 is 0. The van der Waals surface area contributed by atoms with Gasteiger partial charge < -0.3 is 8.97 Å². The van der Waals surface area contributed by atoms with Gasteiger partial charge in [0.1, 0.15) is 0 Å². The van der Waals surface area contributed by atoms with Crippen LogP contribution in [-0.2, 0) is 12.8 Å². The lowest BCUT2D eigenvalue weighted by atomic mass is 9.88. The molecule has 2 heteroatoms. The molecule has 0 aromatic carbocycles. The van der Waals surface area contributed by atoms with E-state index in [9.17, 15) is 0 Å². The predicted molar refractivity (Wildman–Crippen MR) is 95.8 cm³/mol. The number of hydrogen-bond acceptors (Lipinski definition) is 0. The molecule has 0 amide bonds. The van der Waals surface area contributed by atoms with Crippen molar-refractivity contribution in [2.45, 2.75) is 38.5 Å². The third kappa shape index (κ3) is 5.10. The Hall–Kier alpha value is -0.860. The Kier molecular flexibility index (Phi) is 5.34. The van der Waals surface area contributed by atoms with Crippen molar-refractivity contribution in [3.05, 3.63) is 33.7 Å². The average molecular weight is 305 g/mol. The summed E-state index contributed by atoms with van der Waals surface area (Å²) in [5.41, 5.74) is 3.23. The van der Waals surface area contributed by atoms with Gasteiger partial charge in [-0.2, -0.15) is 0 Å². The smallest absolute Gasteiger partial charge is 0.0780 e. The van der Waals surface area contributed by atoms with Crippen LogP contribution in [0.15, 0.2) is 12.1 Å². The third-order valence-electron chi connectivity index (χ3n) is 4.67. The van der Waals surface area contributed by atoms with Crippen LogP contribution in [0, 0.1) is 10.4 Å². The van der Waals surface area contributed by atoms with E-state index in [2.05, 4.69) is 54.4 Å². The van der Waals surface area contributed by atoms with E-state index in [0.29, 0.717) is 0 Å². The quantitative estimate of drug-likeness (QED) is 0.466. The Balaban J connectivity index is 1.67. The molecule has 0 unspecified atom stereocenters. The standard InChI is InChI=1S/C20H36N2/c1-21(2,3)13-9-7-11-17-15-20-18(16-19(17)20)12-8-10-14-22(4,5)6/h15-16H,7-14H2,1-6H3/q+2. The minimum absolute atomic E-state index is 1.09. The van der Waals surface area contributed by atoms with Crippen molar-refractivity contribution in [3.8, 4) is 0 Å². The number of rotatable bonds is 10. The maximum absolute atomic E-state index is 2.45. The molecule has 0 spiro atoms. The average Bonchev–Trinajstić information content (AvgIpc) is 2.34. The minimum Gasteiger partial charge on any atom is -0.331 e. The monoisotopic (exact) mass is 304 g/mol. The number of quaternary nitrogens is 2. The van der Waals surface area contributed by atoms with Gasteiger partial charge in [-0.25, -0.2) is 0 Å².